The second-order valence-electron chi connectivity index (χ2n) is 5.08. The highest BCUT2D eigenvalue weighted by Gasteiger charge is 2.25. The first-order valence-electron chi connectivity index (χ1n) is 5.36. The summed E-state index contributed by atoms with van der Waals surface area (Å²) in [6.45, 7) is 5.79. The first-order chi connectivity index (χ1) is 7.41. The number of carbonyl (C=O) groups is 1. The molecule has 3 nitrogen and oxygen atoms in total. The van der Waals surface area contributed by atoms with Crippen molar-refractivity contribution in [2.45, 2.75) is 20.8 Å². The van der Waals surface area contributed by atoms with Gasteiger partial charge >= 0.3 is 0 Å². The molecule has 0 N–H and O–H groups in total. The first kappa shape index (κ1) is 10.9. The van der Waals surface area contributed by atoms with Crippen LogP contribution in [0.4, 0.5) is 0 Å². The summed E-state index contributed by atoms with van der Waals surface area (Å²) in [5.41, 5.74) is 2.23. The molecule has 84 valence electrons. The van der Waals surface area contributed by atoms with Crippen LogP contribution >= 0.6 is 0 Å². The van der Waals surface area contributed by atoms with Gasteiger partial charge in [0.2, 0.25) is 0 Å². The molecule has 0 bridgehead atoms. The molecule has 2 aromatic heterocycles. The number of nitrogens with zero attached hydrogens (tertiary/aromatic N) is 2. The number of rotatable bonds is 1. The standard InChI is InChI=1S/C13H16N2O/c1-13(2,3)12(16)11-8-9-10(15(11)4)6-5-7-14-9/h5-8H,1-4H3. The Kier molecular flexibility index (Phi) is 2.34. The SMILES string of the molecule is Cn1c(C(=O)C(C)(C)C)cc2ncccc21. The summed E-state index contributed by atoms with van der Waals surface area (Å²) in [6, 6.07) is 5.72. The van der Waals surface area contributed by atoms with Gasteiger partial charge in [-0.1, -0.05) is 20.8 Å². The van der Waals surface area contributed by atoms with Crippen molar-refractivity contribution >= 4 is 16.8 Å². The highest BCUT2D eigenvalue weighted by Crippen LogP contribution is 2.24. The molecule has 0 aliphatic rings. The van der Waals surface area contributed by atoms with Crippen LogP contribution < -0.4 is 0 Å². The molecule has 0 aliphatic heterocycles. The molecule has 0 aromatic carbocycles. The van der Waals surface area contributed by atoms with E-state index in [4.69, 9.17) is 0 Å². The van der Waals surface area contributed by atoms with Gasteiger partial charge in [0, 0.05) is 18.7 Å². The number of aromatic nitrogens is 2. The van der Waals surface area contributed by atoms with Crippen LogP contribution in [-0.4, -0.2) is 15.3 Å². The topological polar surface area (TPSA) is 34.9 Å². The van der Waals surface area contributed by atoms with E-state index in [2.05, 4.69) is 4.98 Å². The smallest absolute Gasteiger partial charge is 0.184 e. The Morgan fingerprint density at radius 1 is 1.38 bits per heavy atom. The molecule has 0 saturated heterocycles. The van der Waals surface area contributed by atoms with Crippen LogP contribution in [0, 0.1) is 5.41 Å². The summed E-state index contributed by atoms with van der Waals surface area (Å²) >= 11 is 0. The molecule has 2 heterocycles. The maximum Gasteiger partial charge on any atom is 0.184 e. The number of hydrogen-bond donors (Lipinski definition) is 0. The van der Waals surface area contributed by atoms with Crippen LogP contribution in [0.1, 0.15) is 31.3 Å². The Morgan fingerprint density at radius 2 is 2.06 bits per heavy atom. The Hall–Kier alpha value is -1.64. The summed E-state index contributed by atoms with van der Waals surface area (Å²) in [5.74, 6) is 0.146. The fourth-order valence-electron chi connectivity index (χ4n) is 1.76. The fourth-order valence-corrected chi connectivity index (χ4v) is 1.76. The summed E-state index contributed by atoms with van der Waals surface area (Å²) in [5, 5.41) is 0. The third-order valence-electron chi connectivity index (χ3n) is 2.73. The van der Waals surface area contributed by atoms with Crippen molar-refractivity contribution in [2.75, 3.05) is 0 Å². The number of hydrogen-bond acceptors (Lipinski definition) is 2. The van der Waals surface area contributed by atoms with Crippen molar-refractivity contribution in [1.29, 1.82) is 0 Å². The molecule has 3 heteroatoms. The van der Waals surface area contributed by atoms with Crippen LogP contribution in [0.3, 0.4) is 0 Å². The minimum atomic E-state index is -0.359. The van der Waals surface area contributed by atoms with E-state index in [-0.39, 0.29) is 11.2 Å². The number of Topliss-reactive ketones (excluding diaryl/α,β-unsaturated/α-hetero) is 1. The van der Waals surface area contributed by atoms with E-state index in [9.17, 15) is 4.79 Å². The molecular weight excluding hydrogens is 200 g/mol. The van der Waals surface area contributed by atoms with Crippen molar-refractivity contribution in [3.63, 3.8) is 0 Å². The summed E-state index contributed by atoms with van der Waals surface area (Å²) in [6.07, 6.45) is 1.74. The molecule has 2 aromatic rings. The van der Waals surface area contributed by atoms with Gasteiger partial charge in [-0.25, -0.2) is 0 Å². The van der Waals surface area contributed by atoms with Crippen LogP contribution in [0.5, 0.6) is 0 Å². The highest BCUT2D eigenvalue weighted by molar-refractivity contribution is 6.02. The Morgan fingerprint density at radius 3 is 2.62 bits per heavy atom. The highest BCUT2D eigenvalue weighted by atomic mass is 16.1. The molecule has 0 atom stereocenters. The van der Waals surface area contributed by atoms with E-state index in [1.807, 2.05) is 50.6 Å². The zero-order valence-electron chi connectivity index (χ0n) is 10.1. The normalized spacial score (nSPS) is 12.0. The van der Waals surface area contributed by atoms with Gasteiger partial charge in [-0.3, -0.25) is 9.78 Å². The zero-order chi connectivity index (χ0) is 11.9. The van der Waals surface area contributed by atoms with E-state index in [0.29, 0.717) is 0 Å². The number of aryl methyl sites for hydroxylation is 1. The lowest BCUT2D eigenvalue weighted by Gasteiger charge is -2.16. The third-order valence-corrected chi connectivity index (χ3v) is 2.73. The minimum Gasteiger partial charge on any atom is -0.340 e. The van der Waals surface area contributed by atoms with E-state index < -0.39 is 0 Å². The predicted octanol–water partition coefficient (Wildman–Crippen LogP) is 2.80. The lowest BCUT2D eigenvalue weighted by molar-refractivity contribution is 0.0850. The summed E-state index contributed by atoms with van der Waals surface area (Å²) in [4.78, 5) is 16.5. The van der Waals surface area contributed by atoms with Crippen LogP contribution in [-0.2, 0) is 7.05 Å². The predicted molar refractivity (Wildman–Crippen MR) is 64.5 cm³/mol. The van der Waals surface area contributed by atoms with Crippen molar-refractivity contribution in [2.24, 2.45) is 12.5 Å². The summed E-state index contributed by atoms with van der Waals surface area (Å²) in [7, 11) is 1.91. The maximum absolute atomic E-state index is 12.2. The lowest BCUT2D eigenvalue weighted by Crippen LogP contribution is -2.22. The monoisotopic (exact) mass is 216 g/mol. The molecule has 0 amide bonds. The second kappa shape index (κ2) is 3.44. The number of carbonyl (C=O) groups excluding carboxylic acids is 1. The van der Waals surface area contributed by atoms with Crippen LogP contribution in [0.25, 0.3) is 11.0 Å². The van der Waals surface area contributed by atoms with Gasteiger partial charge in [-0.05, 0) is 18.2 Å². The summed E-state index contributed by atoms with van der Waals surface area (Å²) < 4.78 is 1.91. The average Bonchev–Trinajstić information content (AvgIpc) is 2.54. The van der Waals surface area contributed by atoms with E-state index in [1.165, 1.54) is 0 Å². The van der Waals surface area contributed by atoms with Gasteiger partial charge in [0.15, 0.2) is 5.78 Å². The first-order valence-corrected chi connectivity index (χ1v) is 5.36. The van der Waals surface area contributed by atoms with Crippen molar-refractivity contribution < 1.29 is 4.79 Å². The number of ketones is 1. The average molecular weight is 216 g/mol. The van der Waals surface area contributed by atoms with E-state index >= 15 is 0 Å². The number of pyridine rings is 1. The van der Waals surface area contributed by atoms with Crippen molar-refractivity contribution in [3.8, 4) is 0 Å². The van der Waals surface area contributed by atoms with Crippen molar-refractivity contribution in [1.82, 2.24) is 9.55 Å². The zero-order valence-corrected chi connectivity index (χ0v) is 10.1. The molecule has 0 unspecified atom stereocenters. The second-order valence-corrected chi connectivity index (χ2v) is 5.08. The van der Waals surface area contributed by atoms with Gasteiger partial charge < -0.3 is 4.57 Å². The molecule has 2 rings (SSSR count). The van der Waals surface area contributed by atoms with Gasteiger partial charge in [-0.15, -0.1) is 0 Å². The fraction of sp³-hybridized carbons (Fsp3) is 0.385. The quantitative estimate of drug-likeness (QED) is 0.687. The lowest BCUT2D eigenvalue weighted by atomic mass is 9.89. The van der Waals surface area contributed by atoms with E-state index in [1.54, 1.807) is 6.20 Å². The molecule has 0 aliphatic carbocycles. The van der Waals surface area contributed by atoms with Crippen LogP contribution in [0.15, 0.2) is 24.4 Å². The van der Waals surface area contributed by atoms with Crippen molar-refractivity contribution in [3.05, 3.63) is 30.1 Å². The van der Waals surface area contributed by atoms with E-state index in [0.717, 1.165) is 16.7 Å². The van der Waals surface area contributed by atoms with Gasteiger partial charge in [-0.2, -0.15) is 0 Å². The maximum atomic E-state index is 12.2. The largest absolute Gasteiger partial charge is 0.340 e. The van der Waals surface area contributed by atoms with Gasteiger partial charge in [0.1, 0.15) is 0 Å². The van der Waals surface area contributed by atoms with Crippen LogP contribution in [0.2, 0.25) is 0 Å². The molecule has 0 radical (unpaired) electrons. The third kappa shape index (κ3) is 1.62. The Labute approximate surface area is 95.1 Å². The molecule has 0 saturated carbocycles. The molecule has 0 fully saturated rings. The minimum absolute atomic E-state index is 0.146. The molecular formula is C13H16N2O. The Balaban J connectivity index is 2.63. The Bertz CT molecular complexity index is 547. The molecule has 16 heavy (non-hydrogen) atoms. The molecule has 0 spiro atoms. The number of fused-ring (bicyclic) bond motifs is 1. The van der Waals surface area contributed by atoms with Gasteiger partial charge in [0.05, 0.1) is 16.7 Å². The van der Waals surface area contributed by atoms with Gasteiger partial charge in [0.25, 0.3) is 0 Å².